The molecule has 1 aromatic rings. The van der Waals surface area contributed by atoms with Gasteiger partial charge in [-0.1, -0.05) is 0 Å². The highest BCUT2D eigenvalue weighted by atomic mass is 16.5. The first kappa shape index (κ1) is 10.3. The lowest BCUT2D eigenvalue weighted by Gasteiger charge is -2.07. The molecule has 1 unspecified atom stereocenters. The molecule has 0 fully saturated rings. The Hall–Kier alpha value is -1.80. The van der Waals surface area contributed by atoms with Crippen LogP contribution in [-0.2, 0) is 4.79 Å². The molecule has 1 rings (SSSR count). The Kier molecular flexibility index (Phi) is 3.70. The maximum atomic E-state index is 9.89. The highest BCUT2D eigenvalue weighted by Crippen LogP contribution is 2.15. The average Bonchev–Trinajstić information content (AvgIpc) is 2.17. The minimum absolute atomic E-state index is 0.191. The van der Waals surface area contributed by atoms with Crippen LogP contribution in [0.3, 0.4) is 0 Å². The van der Waals surface area contributed by atoms with Gasteiger partial charge in [-0.05, 0) is 31.2 Å². The topological polar surface area (TPSA) is 58.9 Å². The van der Waals surface area contributed by atoms with Crippen molar-refractivity contribution in [3.63, 3.8) is 0 Å². The molecule has 1 atom stereocenters. The van der Waals surface area contributed by atoms with Crippen LogP contribution in [0.15, 0.2) is 29.3 Å². The lowest BCUT2D eigenvalue weighted by atomic mass is 10.3. The molecule has 0 spiro atoms. The highest BCUT2D eigenvalue weighted by molar-refractivity contribution is 5.33. The van der Waals surface area contributed by atoms with Crippen LogP contribution in [-0.4, -0.2) is 23.8 Å². The molecule has 1 N–H and O–H groups in total. The van der Waals surface area contributed by atoms with Crippen molar-refractivity contribution < 1.29 is 14.6 Å². The van der Waals surface area contributed by atoms with E-state index in [4.69, 9.17) is 9.84 Å². The van der Waals surface area contributed by atoms with Crippen molar-refractivity contribution in [2.24, 2.45) is 4.99 Å². The molecule has 0 saturated heterocycles. The van der Waals surface area contributed by atoms with Gasteiger partial charge in [-0.2, -0.15) is 4.99 Å². The second kappa shape index (κ2) is 5.04. The van der Waals surface area contributed by atoms with E-state index in [0.29, 0.717) is 12.4 Å². The zero-order valence-electron chi connectivity index (χ0n) is 7.80. The van der Waals surface area contributed by atoms with Crippen molar-refractivity contribution in [3.05, 3.63) is 24.3 Å². The number of carbonyl (C=O) groups excluding carboxylic acids is 1. The van der Waals surface area contributed by atoms with Crippen molar-refractivity contribution in [2.75, 3.05) is 6.61 Å². The number of hydrogen-bond acceptors (Lipinski definition) is 4. The van der Waals surface area contributed by atoms with Gasteiger partial charge >= 0.3 is 0 Å². The predicted octanol–water partition coefficient (Wildman–Crippen LogP) is 1.50. The molecular formula is C10H11NO3. The maximum Gasteiger partial charge on any atom is 0.235 e. The summed E-state index contributed by atoms with van der Waals surface area (Å²) in [6.45, 7) is 2.07. The normalized spacial score (nSPS) is 11.5. The number of aromatic hydroxyl groups is 1. The van der Waals surface area contributed by atoms with E-state index in [0.717, 1.165) is 0 Å². The Balaban J connectivity index is 2.45. The van der Waals surface area contributed by atoms with Gasteiger partial charge < -0.3 is 9.84 Å². The SMILES string of the molecule is CC(COc1ccc(O)cc1)N=C=O. The fourth-order valence-electron chi connectivity index (χ4n) is 0.886. The van der Waals surface area contributed by atoms with Crippen molar-refractivity contribution in [3.8, 4) is 11.5 Å². The van der Waals surface area contributed by atoms with E-state index in [1.165, 1.54) is 18.2 Å². The van der Waals surface area contributed by atoms with Crippen molar-refractivity contribution in [1.82, 2.24) is 0 Å². The van der Waals surface area contributed by atoms with Crippen LogP contribution in [0.5, 0.6) is 11.5 Å². The summed E-state index contributed by atoms with van der Waals surface area (Å²) >= 11 is 0. The average molecular weight is 193 g/mol. The third-order valence-electron chi connectivity index (χ3n) is 1.60. The Morgan fingerprint density at radius 3 is 2.71 bits per heavy atom. The molecule has 14 heavy (non-hydrogen) atoms. The van der Waals surface area contributed by atoms with E-state index in [1.807, 2.05) is 0 Å². The first-order valence-corrected chi connectivity index (χ1v) is 4.21. The van der Waals surface area contributed by atoms with Crippen LogP contribution in [0.1, 0.15) is 6.92 Å². The molecule has 0 saturated carbocycles. The molecule has 0 heterocycles. The summed E-state index contributed by atoms with van der Waals surface area (Å²) < 4.78 is 5.29. The molecule has 0 amide bonds. The van der Waals surface area contributed by atoms with Gasteiger partial charge in [-0.3, -0.25) is 0 Å². The minimum atomic E-state index is -0.207. The molecular weight excluding hydrogens is 182 g/mol. The first-order valence-electron chi connectivity index (χ1n) is 4.21. The zero-order valence-corrected chi connectivity index (χ0v) is 7.80. The van der Waals surface area contributed by atoms with Gasteiger partial charge in [0.15, 0.2) is 0 Å². The number of nitrogens with zero attached hydrogens (tertiary/aromatic N) is 1. The van der Waals surface area contributed by atoms with Crippen LogP contribution in [0.4, 0.5) is 0 Å². The molecule has 0 bridgehead atoms. The van der Waals surface area contributed by atoms with Crippen molar-refractivity contribution in [1.29, 1.82) is 0 Å². The molecule has 4 nitrogen and oxygen atoms in total. The monoisotopic (exact) mass is 193 g/mol. The van der Waals surface area contributed by atoms with Gasteiger partial charge in [0.25, 0.3) is 0 Å². The predicted molar refractivity (Wildman–Crippen MR) is 51.2 cm³/mol. The van der Waals surface area contributed by atoms with Gasteiger partial charge in [0.2, 0.25) is 6.08 Å². The molecule has 1 aromatic carbocycles. The number of rotatable bonds is 4. The van der Waals surface area contributed by atoms with Gasteiger partial charge in [-0.25, -0.2) is 4.79 Å². The highest BCUT2D eigenvalue weighted by Gasteiger charge is 2.00. The van der Waals surface area contributed by atoms with Crippen LogP contribution in [0.25, 0.3) is 0 Å². The second-order valence-corrected chi connectivity index (χ2v) is 2.87. The number of ether oxygens (including phenoxy) is 1. The van der Waals surface area contributed by atoms with Gasteiger partial charge in [0.1, 0.15) is 18.1 Å². The fraction of sp³-hybridized carbons (Fsp3) is 0.300. The van der Waals surface area contributed by atoms with Crippen LogP contribution in [0.2, 0.25) is 0 Å². The minimum Gasteiger partial charge on any atom is -0.508 e. The smallest absolute Gasteiger partial charge is 0.235 e. The van der Waals surface area contributed by atoms with Crippen LogP contribution >= 0.6 is 0 Å². The second-order valence-electron chi connectivity index (χ2n) is 2.87. The zero-order chi connectivity index (χ0) is 10.4. The van der Waals surface area contributed by atoms with Gasteiger partial charge in [0.05, 0.1) is 6.04 Å². The molecule has 0 radical (unpaired) electrons. The van der Waals surface area contributed by atoms with E-state index < -0.39 is 0 Å². The third kappa shape index (κ3) is 3.29. The molecule has 4 heteroatoms. The number of isocyanates is 1. The number of benzene rings is 1. The summed E-state index contributed by atoms with van der Waals surface area (Å²) in [6, 6.07) is 6.15. The van der Waals surface area contributed by atoms with E-state index in [-0.39, 0.29) is 11.8 Å². The standard InChI is InChI=1S/C10H11NO3/c1-8(11-7-12)6-14-10-4-2-9(13)3-5-10/h2-5,8,13H,6H2,1H3. The van der Waals surface area contributed by atoms with Crippen LogP contribution < -0.4 is 4.74 Å². The van der Waals surface area contributed by atoms with E-state index in [1.54, 1.807) is 19.1 Å². The lowest BCUT2D eigenvalue weighted by molar-refractivity contribution is 0.296. The Labute approximate surface area is 81.9 Å². The van der Waals surface area contributed by atoms with E-state index >= 15 is 0 Å². The summed E-state index contributed by atoms with van der Waals surface area (Å²) in [4.78, 5) is 13.4. The summed E-state index contributed by atoms with van der Waals surface area (Å²) in [6.07, 6.45) is 1.47. The third-order valence-corrected chi connectivity index (χ3v) is 1.60. The Morgan fingerprint density at radius 2 is 2.14 bits per heavy atom. The maximum absolute atomic E-state index is 9.89. The summed E-state index contributed by atoms with van der Waals surface area (Å²) in [7, 11) is 0. The fourth-order valence-corrected chi connectivity index (χ4v) is 0.886. The van der Waals surface area contributed by atoms with Gasteiger partial charge in [-0.15, -0.1) is 0 Å². The Bertz CT molecular complexity index is 328. The summed E-state index contributed by atoms with van der Waals surface area (Å²) in [5, 5.41) is 8.99. The van der Waals surface area contributed by atoms with Crippen molar-refractivity contribution >= 4 is 6.08 Å². The quantitative estimate of drug-likeness (QED) is 0.582. The molecule has 0 aliphatic rings. The van der Waals surface area contributed by atoms with E-state index in [2.05, 4.69) is 4.99 Å². The summed E-state index contributed by atoms with van der Waals surface area (Å²) in [5.41, 5.74) is 0. The number of hydrogen-bond donors (Lipinski definition) is 1. The number of phenols is 1. The summed E-state index contributed by atoms with van der Waals surface area (Å²) in [5.74, 6) is 0.826. The van der Waals surface area contributed by atoms with Gasteiger partial charge in [0, 0.05) is 0 Å². The largest absolute Gasteiger partial charge is 0.508 e. The molecule has 74 valence electrons. The molecule has 0 aliphatic heterocycles. The van der Waals surface area contributed by atoms with E-state index in [9.17, 15) is 4.79 Å². The molecule has 0 aromatic heterocycles. The van der Waals surface area contributed by atoms with Crippen molar-refractivity contribution in [2.45, 2.75) is 13.0 Å². The first-order chi connectivity index (χ1) is 6.72. The Morgan fingerprint density at radius 1 is 1.50 bits per heavy atom. The molecule has 0 aliphatic carbocycles. The van der Waals surface area contributed by atoms with Crippen LogP contribution in [0, 0.1) is 0 Å². The number of phenolic OH excluding ortho intramolecular Hbond substituents is 1. The number of aliphatic imine (C=N–C) groups is 1. The lowest BCUT2D eigenvalue weighted by Crippen LogP contribution is -2.11.